The van der Waals surface area contributed by atoms with E-state index < -0.39 is 10.0 Å². The van der Waals surface area contributed by atoms with Crippen molar-refractivity contribution in [2.24, 2.45) is 0 Å². The number of carbonyl (C=O) groups is 2. The number of pyridine rings is 1. The van der Waals surface area contributed by atoms with Gasteiger partial charge in [-0.1, -0.05) is 12.1 Å². The summed E-state index contributed by atoms with van der Waals surface area (Å²) in [6.07, 6.45) is 1.56. The number of methoxy groups -OCH3 is 1. The lowest BCUT2D eigenvalue weighted by Gasteiger charge is -2.11. The summed E-state index contributed by atoms with van der Waals surface area (Å²) in [7, 11) is -2.20. The van der Waals surface area contributed by atoms with Gasteiger partial charge < -0.3 is 20.1 Å². The number of sulfonamides is 1. The molecule has 0 bridgehead atoms. The molecule has 0 unspecified atom stereocenters. The average Bonchev–Trinajstić information content (AvgIpc) is 2.84. The number of rotatable bonds is 11. The highest BCUT2D eigenvalue weighted by Crippen LogP contribution is 2.21. The van der Waals surface area contributed by atoms with Gasteiger partial charge in [-0.2, -0.15) is 0 Å². The number of carbonyl (C=O) groups excluding carboxylic acids is 2. The molecule has 0 saturated carbocycles. The standard InChI is InChI=1S/C24H26N4O6S/c1-17(29)27-20-9-11-21(12-10-20)35(31,32)26-16-18-5-7-19(8-6-18)23(30)28-22-4-3-13-25-24(22)34-15-14-33-2/h3-13,26H,14-16H2,1-2H3,(H,27,29)(H,28,30). The van der Waals surface area contributed by atoms with Gasteiger partial charge in [0.05, 0.1) is 11.5 Å². The number of amides is 2. The zero-order valence-corrected chi connectivity index (χ0v) is 20.1. The first kappa shape index (κ1) is 25.8. The Morgan fingerprint density at radius 2 is 1.66 bits per heavy atom. The normalized spacial score (nSPS) is 11.0. The van der Waals surface area contributed by atoms with Crippen molar-refractivity contribution in [3.63, 3.8) is 0 Å². The van der Waals surface area contributed by atoms with Crippen LogP contribution in [0.5, 0.6) is 5.88 Å². The fraction of sp³-hybridized carbons (Fsp3) is 0.208. The zero-order chi connectivity index (χ0) is 25.3. The molecule has 0 aliphatic rings. The number of nitrogens with one attached hydrogen (secondary N) is 3. The molecule has 3 rings (SSSR count). The second kappa shape index (κ2) is 12.1. The highest BCUT2D eigenvalue weighted by Gasteiger charge is 2.15. The Balaban J connectivity index is 1.59. The van der Waals surface area contributed by atoms with E-state index in [1.165, 1.54) is 31.2 Å². The lowest BCUT2D eigenvalue weighted by atomic mass is 10.1. The molecule has 2 aromatic carbocycles. The van der Waals surface area contributed by atoms with E-state index in [4.69, 9.17) is 9.47 Å². The monoisotopic (exact) mass is 498 g/mol. The van der Waals surface area contributed by atoms with Gasteiger partial charge in [0.2, 0.25) is 21.8 Å². The summed E-state index contributed by atoms with van der Waals surface area (Å²) >= 11 is 0. The number of benzene rings is 2. The van der Waals surface area contributed by atoms with E-state index in [9.17, 15) is 18.0 Å². The average molecular weight is 499 g/mol. The minimum absolute atomic E-state index is 0.0395. The lowest BCUT2D eigenvalue weighted by Crippen LogP contribution is -2.23. The Hall–Kier alpha value is -3.80. The van der Waals surface area contributed by atoms with Crippen molar-refractivity contribution in [2.75, 3.05) is 31.0 Å². The first-order valence-corrected chi connectivity index (χ1v) is 12.1. The molecular weight excluding hydrogens is 472 g/mol. The SMILES string of the molecule is COCCOc1ncccc1NC(=O)c1ccc(CNS(=O)(=O)c2ccc(NC(C)=O)cc2)cc1. The Kier molecular flexibility index (Phi) is 8.90. The Labute approximate surface area is 203 Å². The number of hydrogen-bond donors (Lipinski definition) is 3. The van der Waals surface area contributed by atoms with Crippen LogP contribution in [0.3, 0.4) is 0 Å². The molecule has 10 nitrogen and oxygen atoms in total. The molecule has 1 aromatic heterocycles. The van der Waals surface area contributed by atoms with Crippen molar-refractivity contribution in [1.82, 2.24) is 9.71 Å². The Bertz CT molecular complexity index is 1260. The van der Waals surface area contributed by atoms with E-state index in [0.29, 0.717) is 35.7 Å². The molecule has 0 radical (unpaired) electrons. The molecule has 2 amide bonds. The smallest absolute Gasteiger partial charge is 0.255 e. The molecule has 3 N–H and O–H groups in total. The van der Waals surface area contributed by atoms with Crippen LogP contribution in [-0.2, 0) is 26.1 Å². The largest absolute Gasteiger partial charge is 0.474 e. The van der Waals surface area contributed by atoms with Crippen LogP contribution in [0, 0.1) is 0 Å². The number of hydrogen-bond acceptors (Lipinski definition) is 7. The van der Waals surface area contributed by atoms with Gasteiger partial charge >= 0.3 is 0 Å². The summed E-state index contributed by atoms with van der Waals surface area (Å²) in [5.74, 6) is -0.317. The predicted octanol–water partition coefficient (Wildman–Crippen LogP) is 2.80. The van der Waals surface area contributed by atoms with E-state index in [0.717, 1.165) is 0 Å². The highest BCUT2D eigenvalue weighted by atomic mass is 32.2. The van der Waals surface area contributed by atoms with Crippen molar-refractivity contribution < 1.29 is 27.5 Å². The quantitative estimate of drug-likeness (QED) is 0.346. The van der Waals surface area contributed by atoms with Crippen molar-refractivity contribution in [3.05, 3.63) is 78.0 Å². The van der Waals surface area contributed by atoms with Gasteiger partial charge in [0.25, 0.3) is 5.91 Å². The molecular formula is C24H26N4O6S. The van der Waals surface area contributed by atoms with Gasteiger partial charge in [0.1, 0.15) is 12.3 Å². The zero-order valence-electron chi connectivity index (χ0n) is 19.3. The molecule has 0 fully saturated rings. The molecule has 0 atom stereocenters. The number of nitrogens with zero attached hydrogens (tertiary/aromatic N) is 1. The van der Waals surface area contributed by atoms with Crippen LogP contribution in [-0.4, -0.2) is 45.5 Å². The lowest BCUT2D eigenvalue weighted by molar-refractivity contribution is -0.114. The third-order valence-electron chi connectivity index (χ3n) is 4.71. The molecule has 0 saturated heterocycles. The summed E-state index contributed by atoms with van der Waals surface area (Å²) < 4.78 is 38.1. The second-order valence-corrected chi connectivity index (χ2v) is 9.15. The molecule has 0 aliphatic heterocycles. The summed E-state index contributed by atoms with van der Waals surface area (Å²) in [5, 5.41) is 5.35. The molecule has 1 heterocycles. The molecule has 0 spiro atoms. The van der Waals surface area contributed by atoms with E-state index in [1.54, 1.807) is 49.7 Å². The van der Waals surface area contributed by atoms with Crippen molar-refractivity contribution in [3.8, 4) is 5.88 Å². The van der Waals surface area contributed by atoms with Crippen LogP contribution >= 0.6 is 0 Å². The minimum Gasteiger partial charge on any atom is -0.474 e. The fourth-order valence-corrected chi connectivity index (χ4v) is 3.99. The van der Waals surface area contributed by atoms with Crippen LogP contribution in [0.25, 0.3) is 0 Å². The second-order valence-electron chi connectivity index (χ2n) is 7.38. The highest BCUT2D eigenvalue weighted by molar-refractivity contribution is 7.89. The maximum atomic E-state index is 12.6. The van der Waals surface area contributed by atoms with E-state index in [2.05, 4.69) is 20.3 Å². The van der Waals surface area contributed by atoms with E-state index in [-0.39, 0.29) is 29.1 Å². The van der Waals surface area contributed by atoms with Crippen LogP contribution in [0.2, 0.25) is 0 Å². The molecule has 0 aliphatic carbocycles. The van der Waals surface area contributed by atoms with Crippen LogP contribution < -0.4 is 20.1 Å². The number of anilines is 2. The van der Waals surface area contributed by atoms with Gasteiger partial charge in [0.15, 0.2) is 0 Å². The van der Waals surface area contributed by atoms with Crippen LogP contribution in [0.15, 0.2) is 71.8 Å². The van der Waals surface area contributed by atoms with Gasteiger partial charge in [-0.3, -0.25) is 9.59 Å². The van der Waals surface area contributed by atoms with Crippen LogP contribution in [0.1, 0.15) is 22.8 Å². The van der Waals surface area contributed by atoms with Crippen LogP contribution in [0.4, 0.5) is 11.4 Å². The fourth-order valence-electron chi connectivity index (χ4n) is 2.97. The molecule has 11 heteroatoms. The van der Waals surface area contributed by atoms with Crippen molar-refractivity contribution >= 4 is 33.2 Å². The van der Waals surface area contributed by atoms with Gasteiger partial charge in [-0.25, -0.2) is 18.1 Å². The van der Waals surface area contributed by atoms with Crippen molar-refractivity contribution in [2.45, 2.75) is 18.4 Å². The number of ether oxygens (including phenoxy) is 2. The minimum atomic E-state index is -3.76. The van der Waals surface area contributed by atoms with Gasteiger partial charge in [-0.15, -0.1) is 0 Å². The van der Waals surface area contributed by atoms with Gasteiger partial charge in [0, 0.05) is 38.0 Å². The Morgan fingerprint density at radius 3 is 2.31 bits per heavy atom. The third kappa shape index (κ3) is 7.60. The summed E-state index contributed by atoms with van der Waals surface area (Å²) in [6, 6.07) is 15.7. The topological polar surface area (TPSA) is 136 Å². The molecule has 184 valence electrons. The maximum Gasteiger partial charge on any atom is 0.255 e. The first-order chi connectivity index (χ1) is 16.8. The summed E-state index contributed by atoms with van der Waals surface area (Å²) in [4.78, 5) is 27.9. The predicted molar refractivity (Wildman–Crippen MR) is 131 cm³/mol. The van der Waals surface area contributed by atoms with Crippen molar-refractivity contribution in [1.29, 1.82) is 0 Å². The maximum absolute atomic E-state index is 12.6. The van der Waals surface area contributed by atoms with E-state index in [1.807, 2.05) is 0 Å². The molecule has 35 heavy (non-hydrogen) atoms. The van der Waals surface area contributed by atoms with E-state index >= 15 is 0 Å². The third-order valence-corrected chi connectivity index (χ3v) is 6.13. The van der Waals surface area contributed by atoms with Gasteiger partial charge in [-0.05, 0) is 54.1 Å². The first-order valence-electron chi connectivity index (χ1n) is 10.6. The number of aromatic nitrogens is 1. The Morgan fingerprint density at radius 1 is 0.943 bits per heavy atom. The molecule has 3 aromatic rings. The summed E-state index contributed by atoms with van der Waals surface area (Å²) in [6.45, 7) is 2.09. The summed E-state index contributed by atoms with van der Waals surface area (Å²) in [5.41, 5.74) is 1.99.